The molecule has 0 radical (unpaired) electrons. The molecule has 0 aromatic carbocycles. The molecule has 3 unspecified atom stereocenters. The van der Waals surface area contributed by atoms with Crippen LogP contribution in [0.4, 0.5) is 0 Å². The minimum absolute atomic E-state index is 0.120. The summed E-state index contributed by atoms with van der Waals surface area (Å²) in [5.41, 5.74) is 15.5. The molecule has 11 heteroatoms. The van der Waals surface area contributed by atoms with Gasteiger partial charge in [-0.05, 0) is 26.7 Å². The van der Waals surface area contributed by atoms with E-state index in [1.165, 1.54) is 90.9 Å². The number of amides is 1. The van der Waals surface area contributed by atoms with Gasteiger partial charge in [-0.15, -0.1) is 0 Å². The zero-order chi connectivity index (χ0) is 29.8. The van der Waals surface area contributed by atoms with Gasteiger partial charge < -0.3 is 37.3 Å². The van der Waals surface area contributed by atoms with Crippen LogP contribution in [0.25, 0.3) is 0 Å². The predicted molar refractivity (Wildman–Crippen MR) is 148 cm³/mol. The number of aliphatic hydroxyl groups is 1. The van der Waals surface area contributed by atoms with Gasteiger partial charge >= 0.3 is 17.9 Å². The van der Waals surface area contributed by atoms with E-state index in [1.807, 2.05) is 0 Å². The van der Waals surface area contributed by atoms with E-state index in [0.29, 0.717) is 6.61 Å². The summed E-state index contributed by atoms with van der Waals surface area (Å²) in [4.78, 5) is 41.3. The first kappa shape index (κ1) is 40.3. The lowest BCUT2D eigenvalue weighted by molar-refractivity contribution is -0.146. The molecule has 38 heavy (non-hydrogen) atoms. The number of nitrogens with two attached hydrogens (primary N) is 3. The Kier molecular flexibility index (Phi) is 31.1. The van der Waals surface area contributed by atoms with Gasteiger partial charge in [0.15, 0.2) is 0 Å². The number of primary amides is 1. The van der Waals surface area contributed by atoms with Crippen LogP contribution in [0.1, 0.15) is 124 Å². The average Bonchev–Trinajstić information content (AvgIpc) is 2.85. The van der Waals surface area contributed by atoms with E-state index < -0.39 is 42.0 Å². The van der Waals surface area contributed by atoms with Gasteiger partial charge in [0.05, 0.1) is 6.61 Å². The number of carboxylic acids is 2. The number of aliphatic hydroxyl groups excluding tert-OH is 1. The molecule has 0 aliphatic rings. The van der Waals surface area contributed by atoms with E-state index >= 15 is 0 Å². The molecule has 0 aromatic heterocycles. The molecule has 11 nitrogen and oxygen atoms in total. The number of aliphatic carboxylic acids is 2. The highest BCUT2D eigenvalue weighted by Crippen LogP contribution is 2.13. The number of carbonyl (C=O) groups is 4. The molecule has 0 fully saturated rings. The summed E-state index contributed by atoms with van der Waals surface area (Å²) in [7, 11) is 0. The largest absolute Gasteiger partial charge is 0.480 e. The summed E-state index contributed by atoms with van der Waals surface area (Å²) < 4.78 is 5.13. The number of hydrogen-bond acceptors (Lipinski definition) is 8. The van der Waals surface area contributed by atoms with Gasteiger partial charge in [0, 0.05) is 6.42 Å². The quantitative estimate of drug-likeness (QED) is 0.0904. The van der Waals surface area contributed by atoms with Crippen molar-refractivity contribution in [3.05, 3.63) is 0 Å². The second-order valence-corrected chi connectivity index (χ2v) is 9.52. The SMILES string of the molecule is CC(N)C(=O)O.CC(O)C(=O)O.CCCCCCCCCCCCCCCCOC(=O)C(N)CCC(N)=O. The van der Waals surface area contributed by atoms with Crippen LogP contribution in [-0.2, 0) is 23.9 Å². The summed E-state index contributed by atoms with van der Waals surface area (Å²) in [6.07, 6.45) is 17.3. The van der Waals surface area contributed by atoms with Gasteiger partial charge in [-0.2, -0.15) is 0 Å². The number of carbonyl (C=O) groups excluding carboxylic acids is 2. The molecular formula is C27H55N3O8. The summed E-state index contributed by atoms with van der Waals surface area (Å²) in [5, 5.41) is 23.6. The van der Waals surface area contributed by atoms with Crippen molar-refractivity contribution in [1.82, 2.24) is 0 Å². The van der Waals surface area contributed by atoms with Gasteiger partial charge in [-0.1, -0.05) is 90.4 Å². The average molecular weight is 550 g/mol. The molecule has 0 aromatic rings. The molecule has 0 aliphatic heterocycles. The second kappa shape index (κ2) is 29.3. The standard InChI is InChI=1S/C21H42N2O3.C3H7NO2.C3H6O3/c1-2-3-4-5-6-7-8-9-10-11-12-13-14-15-18-26-21(25)19(22)16-17-20(23)24;2*1-2(4)3(5)6/h19H,2-18,22H2,1H3,(H2,23,24);2H,4H2,1H3,(H,5,6);2,4H,1H3,(H,5,6). The number of esters is 1. The topological polar surface area (TPSA) is 216 Å². The smallest absolute Gasteiger partial charge is 0.332 e. The summed E-state index contributed by atoms with van der Waals surface area (Å²) in [6.45, 7) is 5.29. The van der Waals surface area contributed by atoms with Crippen molar-refractivity contribution >= 4 is 23.8 Å². The highest BCUT2D eigenvalue weighted by Gasteiger charge is 2.15. The number of hydrogen-bond donors (Lipinski definition) is 6. The zero-order valence-corrected chi connectivity index (χ0v) is 23.9. The molecule has 0 spiro atoms. The Bertz CT molecular complexity index is 583. The predicted octanol–water partition coefficient (Wildman–Crippen LogP) is 3.47. The third-order valence-corrected chi connectivity index (χ3v) is 5.49. The van der Waals surface area contributed by atoms with Crippen molar-refractivity contribution < 1.29 is 39.2 Å². The number of ether oxygens (including phenoxy) is 1. The van der Waals surface area contributed by atoms with Crippen molar-refractivity contribution in [3.63, 3.8) is 0 Å². The second-order valence-electron chi connectivity index (χ2n) is 9.52. The molecule has 0 heterocycles. The van der Waals surface area contributed by atoms with Crippen LogP contribution >= 0.6 is 0 Å². The van der Waals surface area contributed by atoms with Gasteiger partial charge in [0.1, 0.15) is 18.2 Å². The maximum atomic E-state index is 11.6. The van der Waals surface area contributed by atoms with E-state index in [-0.39, 0.29) is 12.8 Å². The molecule has 9 N–H and O–H groups in total. The van der Waals surface area contributed by atoms with Crippen LogP contribution in [0.2, 0.25) is 0 Å². The van der Waals surface area contributed by atoms with E-state index in [0.717, 1.165) is 12.8 Å². The van der Waals surface area contributed by atoms with Crippen LogP contribution in [0.5, 0.6) is 0 Å². The number of carboxylic acid groups (broad SMARTS) is 2. The summed E-state index contributed by atoms with van der Waals surface area (Å²) in [5.74, 6) is -3.02. The lowest BCUT2D eigenvalue weighted by Gasteiger charge is -2.10. The van der Waals surface area contributed by atoms with E-state index in [9.17, 15) is 19.2 Å². The lowest BCUT2D eigenvalue weighted by Crippen LogP contribution is -2.33. The molecule has 0 rings (SSSR count). The van der Waals surface area contributed by atoms with E-state index in [1.54, 1.807) is 0 Å². The number of rotatable bonds is 21. The maximum absolute atomic E-state index is 11.6. The number of unbranched alkanes of at least 4 members (excludes halogenated alkanes) is 13. The van der Waals surface area contributed by atoms with E-state index in [4.69, 9.17) is 37.3 Å². The van der Waals surface area contributed by atoms with Gasteiger partial charge in [0.2, 0.25) is 5.91 Å². The van der Waals surface area contributed by atoms with Gasteiger partial charge in [-0.3, -0.25) is 14.4 Å². The normalized spacial score (nSPS) is 12.6. The Morgan fingerprint density at radius 3 is 1.34 bits per heavy atom. The van der Waals surface area contributed by atoms with Gasteiger partial charge in [0.25, 0.3) is 0 Å². The van der Waals surface area contributed by atoms with Gasteiger partial charge in [-0.25, -0.2) is 4.79 Å². The van der Waals surface area contributed by atoms with Crippen molar-refractivity contribution in [3.8, 4) is 0 Å². The fraction of sp³-hybridized carbons (Fsp3) is 0.852. The van der Waals surface area contributed by atoms with Crippen molar-refractivity contribution in [2.45, 2.75) is 142 Å². The Balaban J connectivity index is -0.000000839. The maximum Gasteiger partial charge on any atom is 0.332 e. The Labute approximate surface area is 228 Å². The highest BCUT2D eigenvalue weighted by molar-refractivity contribution is 5.78. The zero-order valence-electron chi connectivity index (χ0n) is 23.9. The monoisotopic (exact) mass is 549 g/mol. The van der Waals surface area contributed by atoms with Crippen LogP contribution in [0.15, 0.2) is 0 Å². The Morgan fingerprint density at radius 2 is 1.05 bits per heavy atom. The molecule has 3 atom stereocenters. The molecule has 0 saturated carbocycles. The third-order valence-electron chi connectivity index (χ3n) is 5.49. The van der Waals surface area contributed by atoms with Crippen LogP contribution in [0, 0.1) is 0 Å². The molecular weight excluding hydrogens is 494 g/mol. The molecule has 0 bridgehead atoms. The molecule has 1 amide bonds. The Morgan fingerprint density at radius 1 is 0.711 bits per heavy atom. The Hall–Kier alpha value is -2.24. The highest BCUT2D eigenvalue weighted by atomic mass is 16.5. The van der Waals surface area contributed by atoms with Crippen LogP contribution in [-0.4, -0.2) is 63.9 Å². The summed E-state index contributed by atoms with van der Waals surface area (Å²) >= 11 is 0. The first-order chi connectivity index (χ1) is 17.9. The summed E-state index contributed by atoms with van der Waals surface area (Å²) in [6, 6.07) is -1.47. The minimum Gasteiger partial charge on any atom is -0.480 e. The van der Waals surface area contributed by atoms with Crippen LogP contribution in [0.3, 0.4) is 0 Å². The molecule has 226 valence electrons. The molecule has 0 aliphatic carbocycles. The van der Waals surface area contributed by atoms with Crippen molar-refractivity contribution in [1.29, 1.82) is 0 Å². The minimum atomic E-state index is -1.23. The molecule has 0 saturated heterocycles. The van der Waals surface area contributed by atoms with E-state index in [2.05, 4.69) is 6.92 Å². The fourth-order valence-corrected chi connectivity index (χ4v) is 2.99. The van der Waals surface area contributed by atoms with Crippen LogP contribution < -0.4 is 17.2 Å². The van der Waals surface area contributed by atoms with Crippen molar-refractivity contribution in [2.24, 2.45) is 17.2 Å². The lowest BCUT2D eigenvalue weighted by atomic mass is 10.0. The van der Waals surface area contributed by atoms with Crippen molar-refractivity contribution in [2.75, 3.05) is 6.61 Å². The third kappa shape index (κ3) is 35.9. The fourth-order valence-electron chi connectivity index (χ4n) is 2.99. The first-order valence-electron chi connectivity index (χ1n) is 14.0. The first-order valence-corrected chi connectivity index (χ1v) is 14.0.